The zero-order valence-corrected chi connectivity index (χ0v) is 15.7. The molecule has 4 aromatic rings. The van der Waals surface area contributed by atoms with E-state index < -0.39 is 0 Å². The van der Waals surface area contributed by atoms with Crippen LogP contribution in [0, 0.1) is 0 Å². The van der Waals surface area contributed by atoms with E-state index in [1.165, 1.54) is 33.4 Å². The normalized spacial score (nSPS) is 11.9. The predicted octanol–water partition coefficient (Wildman–Crippen LogP) is 7.56. The lowest BCUT2D eigenvalue weighted by atomic mass is 9.88. The van der Waals surface area contributed by atoms with Crippen LogP contribution in [0.2, 0.25) is 0 Å². The van der Waals surface area contributed by atoms with Crippen LogP contribution in [-0.2, 0) is 0 Å². The second-order valence-corrected chi connectivity index (χ2v) is 6.94. The van der Waals surface area contributed by atoms with E-state index in [2.05, 4.69) is 116 Å². The van der Waals surface area contributed by atoms with Crippen molar-refractivity contribution in [1.29, 1.82) is 0 Å². The van der Waals surface area contributed by atoms with Gasteiger partial charge < -0.3 is 0 Å². The molecule has 0 bridgehead atoms. The first-order chi connectivity index (χ1) is 13.3. The van der Waals surface area contributed by atoms with Crippen LogP contribution in [0.4, 0.5) is 0 Å². The van der Waals surface area contributed by atoms with E-state index in [-0.39, 0.29) is 0 Å². The third-order valence-corrected chi connectivity index (χ3v) is 5.25. The third kappa shape index (κ3) is 3.85. The molecule has 0 fully saturated rings. The van der Waals surface area contributed by atoms with Gasteiger partial charge in [0.2, 0.25) is 0 Å². The molecule has 0 N–H and O–H groups in total. The fourth-order valence-electron chi connectivity index (χ4n) is 3.74. The standard InChI is InChI=1S/C27H24/c1-2-27(25-11-7-4-8-12-25)26-19-17-24(18-20-26)23-15-13-22(14-16-23)21-9-5-3-6-10-21/h3-20,27H,2H2,1H3. The summed E-state index contributed by atoms with van der Waals surface area (Å²) in [5.74, 6) is 0.459. The Morgan fingerprint density at radius 3 is 1.30 bits per heavy atom. The van der Waals surface area contributed by atoms with Gasteiger partial charge in [-0.3, -0.25) is 0 Å². The summed E-state index contributed by atoms with van der Waals surface area (Å²) in [5, 5.41) is 0. The molecule has 0 amide bonds. The lowest BCUT2D eigenvalue weighted by Crippen LogP contribution is -1.99. The van der Waals surface area contributed by atoms with Gasteiger partial charge in [-0.2, -0.15) is 0 Å². The first-order valence-corrected chi connectivity index (χ1v) is 9.66. The van der Waals surface area contributed by atoms with Gasteiger partial charge in [-0.15, -0.1) is 0 Å². The van der Waals surface area contributed by atoms with Crippen molar-refractivity contribution in [3.05, 3.63) is 120 Å². The Morgan fingerprint density at radius 2 is 0.815 bits per heavy atom. The van der Waals surface area contributed by atoms with Crippen LogP contribution in [0.15, 0.2) is 109 Å². The molecule has 132 valence electrons. The van der Waals surface area contributed by atoms with Crippen molar-refractivity contribution in [1.82, 2.24) is 0 Å². The van der Waals surface area contributed by atoms with Gasteiger partial charge in [0.25, 0.3) is 0 Å². The molecule has 0 aliphatic carbocycles. The highest BCUT2D eigenvalue weighted by Crippen LogP contribution is 2.30. The summed E-state index contributed by atoms with van der Waals surface area (Å²) in [4.78, 5) is 0. The van der Waals surface area contributed by atoms with E-state index in [0.29, 0.717) is 5.92 Å². The van der Waals surface area contributed by atoms with Gasteiger partial charge in [0.1, 0.15) is 0 Å². The molecule has 4 aromatic carbocycles. The van der Waals surface area contributed by atoms with E-state index in [0.717, 1.165) is 6.42 Å². The molecule has 0 saturated carbocycles. The Kier molecular flexibility index (Phi) is 5.16. The molecule has 0 heterocycles. The maximum atomic E-state index is 2.28. The van der Waals surface area contributed by atoms with Gasteiger partial charge in [0.15, 0.2) is 0 Å². The molecular weight excluding hydrogens is 324 g/mol. The van der Waals surface area contributed by atoms with Gasteiger partial charge in [-0.1, -0.05) is 116 Å². The first-order valence-electron chi connectivity index (χ1n) is 9.66. The molecule has 0 saturated heterocycles. The number of rotatable bonds is 5. The van der Waals surface area contributed by atoms with E-state index >= 15 is 0 Å². The first kappa shape index (κ1) is 17.3. The molecule has 0 aliphatic rings. The van der Waals surface area contributed by atoms with Gasteiger partial charge >= 0.3 is 0 Å². The van der Waals surface area contributed by atoms with Crippen LogP contribution in [0.1, 0.15) is 30.4 Å². The van der Waals surface area contributed by atoms with E-state index in [4.69, 9.17) is 0 Å². The van der Waals surface area contributed by atoms with Gasteiger partial charge in [0, 0.05) is 5.92 Å². The highest BCUT2D eigenvalue weighted by atomic mass is 14.2. The summed E-state index contributed by atoms with van der Waals surface area (Å²) in [5.41, 5.74) is 7.81. The summed E-state index contributed by atoms with van der Waals surface area (Å²) in [7, 11) is 0. The minimum Gasteiger partial charge on any atom is -0.0645 e. The van der Waals surface area contributed by atoms with Crippen LogP contribution < -0.4 is 0 Å². The Balaban J connectivity index is 1.57. The number of hydrogen-bond donors (Lipinski definition) is 0. The molecule has 0 aromatic heterocycles. The van der Waals surface area contributed by atoms with Crippen molar-refractivity contribution in [2.75, 3.05) is 0 Å². The molecule has 1 unspecified atom stereocenters. The highest BCUT2D eigenvalue weighted by Gasteiger charge is 2.11. The van der Waals surface area contributed by atoms with Gasteiger partial charge in [-0.05, 0) is 39.8 Å². The molecule has 0 aliphatic heterocycles. The zero-order valence-electron chi connectivity index (χ0n) is 15.7. The third-order valence-electron chi connectivity index (χ3n) is 5.25. The van der Waals surface area contributed by atoms with Crippen molar-refractivity contribution in [2.24, 2.45) is 0 Å². The minimum absolute atomic E-state index is 0.459. The molecule has 27 heavy (non-hydrogen) atoms. The average molecular weight is 348 g/mol. The Bertz CT molecular complexity index is 966. The van der Waals surface area contributed by atoms with Crippen LogP contribution in [0.3, 0.4) is 0 Å². The van der Waals surface area contributed by atoms with E-state index in [1.807, 2.05) is 0 Å². The van der Waals surface area contributed by atoms with Crippen LogP contribution in [0.25, 0.3) is 22.3 Å². The van der Waals surface area contributed by atoms with E-state index in [9.17, 15) is 0 Å². The topological polar surface area (TPSA) is 0 Å². The fraction of sp³-hybridized carbons (Fsp3) is 0.111. The SMILES string of the molecule is CCC(c1ccccc1)c1ccc(-c2ccc(-c3ccccc3)cc2)cc1. The lowest BCUT2D eigenvalue weighted by Gasteiger charge is -2.16. The predicted molar refractivity (Wildman–Crippen MR) is 116 cm³/mol. The highest BCUT2D eigenvalue weighted by molar-refractivity contribution is 5.70. The second-order valence-electron chi connectivity index (χ2n) is 6.94. The smallest absolute Gasteiger partial charge is 0.00867 e. The molecule has 4 rings (SSSR count). The van der Waals surface area contributed by atoms with Crippen molar-refractivity contribution in [3.63, 3.8) is 0 Å². The van der Waals surface area contributed by atoms with Crippen LogP contribution >= 0.6 is 0 Å². The molecule has 1 atom stereocenters. The van der Waals surface area contributed by atoms with Gasteiger partial charge in [-0.25, -0.2) is 0 Å². The number of benzene rings is 4. The Labute approximate surface area is 162 Å². The van der Waals surface area contributed by atoms with Crippen molar-refractivity contribution in [2.45, 2.75) is 19.3 Å². The van der Waals surface area contributed by atoms with Crippen molar-refractivity contribution in [3.8, 4) is 22.3 Å². The lowest BCUT2D eigenvalue weighted by molar-refractivity contribution is 0.777. The van der Waals surface area contributed by atoms with Crippen LogP contribution in [0.5, 0.6) is 0 Å². The van der Waals surface area contributed by atoms with Gasteiger partial charge in [0.05, 0.1) is 0 Å². The molecule has 0 radical (unpaired) electrons. The number of hydrogen-bond acceptors (Lipinski definition) is 0. The maximum absolute atomic E-state index is 2.28. The summed E-state index contributed by atoms with van der Waals surface area (Å²) < 4.78 is 0. The monoisotopic (exact) mass is 348 g/mol. The fourth-order valence-corrected chi connectivity index (χ4v) is 3.74. The summed E-state index contributed by atoms with van der Waals surface area (Å²) >= 11 is 0. The average Bonchev–Trinajstić information content (AvgIpc) is 2.76. The molecular formula is C27H24. The van der Waals surface area contributed by atoms with E-state index in [1.54, 1.807) is 0 Å². The molecule has 0 nitrogen and oxygen atoms in total. The Morgan fingerprint density at radius 1 is 0.444 bits per heavy atom. The second kappa shape index (κ2) is 8.05. The van der Waals surface area contributed by atoms with Crippen LogP contribution in [-0.4, -0.2) is 0 Å². The summed E-state index contributed by atoms with van der Waals surface area (Å²) in [6.45, 7) is 2.26. The molecule has 0 heteroatoms. The summed E-state index contributed by atoms with van der Waals surface area (Å²) in [6.07, 6.45) is 1.11. The minimum atomic E-state index is 0.459. The van der Waals surface area contributed by atoms with Crippen molar-refractivity contribution >= 4 is 0 Å². The zero-order chi connectivity index (χ0) is 18.5. The quantitative estimate of drug-likeness (QED) is 0.349. The molecule has 0 spiro atoms. The summed E-state index contributed by atoms with van der Waals surface area (Å²) in [6, 6.07) is 39.2. The maximum Gasteiger partial charge on any atom is 0.00867 e. The largest absolute Gasteiger partial charge is 0.0645 e. The van der Waals surface area contributed by atoms with Crippen molar-refractivity contribution < 1.29 is 0 Å². The Hall–Kier alpha value is -3.12.